The smallest absolute Gasteiger partial charge is 0.433 e. The average molecular weight is 659 g/mol. The second-order valence-corrected chi connectivity index (χ2v) is 12.7. The van der Waals surface area contributed by atoms with Gasteiger partial charge in [-0.3, -0.25) is 19.2 Å². The molecule has 5 rings (SSSR count). The van der Waals surface area contributed by atoms with Crippen molar-refractivity contribution in [3.63, 3.8) is 0 Å². The molecule has 2 saturated heterocycles. The van der Waals surface area contributed by atoms with Crippen molar-refractivity contribution >= 4 is 23.8 Å². The molecule has 2 fully saturated rings. The number of carboxylic acid groups (broad SMARTS) is 1. The number of fused-ring (bicyclic) bond motifs is 1. The molecule has 254 valence electrons. The topological polar surface area (TPSA) is 160 Å². The molecule has 2 heterocycles. The zero-order valence-corrected chi connectivity index (χ0v) is 27.1. The predicted molar refractivity (Wildman–Crippen MR) is 176 cm³/mol. The maximum Gasteiger partial charge on any atom is 0.433 e. The van der Waals surface area contributed by atoms with Crippen LogP contribution >= 0.6 is 0 Å². The zero-order chi connectivity index (χ0) is 34.4. The fourth-order valence-electron chi connectivity index (χ4n) is 6.26. The molecule has 3 aromatic rings. The highest BCUT2D eigenvalue weighted by molar-refractivity contribution is 5.95. The van der Waals surface area contributed by atoms with E-state index in [0.29, 0.717) is 23.6 Å². The average Bonchev–Trinajstić information content (AvgIpc) is 3.06. The Morgan fingerprint density at radius 1 is 0.854 bits per heavy atom. The maximum absolute atomic E-state index is 14.6. The summed E-state index contributed by atoms with van der Waals surface area (Å²) in [5, 5.41) is 33.7. The van der Waals surface area contributed by atoms with Crippen molar-refractivity contribution in [2.24, 2.45) is 5.92 Å². The molecule has 3 aromatic carbocycles. The van der Waals surface area contributed by atoms with E-state index in [0.717, 1.165) is 23.5 Å². The first-order valence-corrected chi connectivity index (χ1v) is 16.2. The van der Waals surface area contributed by atoms with Crippen molar-refractivity contribution in [2.75, 3.05) is 13.1 Å². The van der Waals surface area contributed by atoms with Crippen molar-refractivity contribution in [1.82, 2.24) is 20.2 Å². The Kier molecular flexibility index (Phi) is 10.8. The van der Waals surface area contributed by atoms with E-state index >= 15 is 0 Å². The molecule has 0 aliphatic carbocycles. The van der Waals surface area contributed by atoms with E-state index in [2.05, 4.69) is 19.2 Å². The molecule has 0 spiro atoms. The van der Waals surface area contributed by atoms with Crippen LogP contribution < -0.4 is 5.32 Å². The lowest BCUT2D eigenvalue weighted by Gasteiger charge is -2.53. The quantitative estimate of drug-likeness (QED) is 0.214. The van der Waals surface area contributed by atoms with Gasteiger partial charge in [0.2, 0.25) is 11.8 Å². The van der Waals surface area contributed by atoms with Gasteiger partial charge < -0.3 is 30.4 Å². The summed E-state index contributed by atoms with van der Waals surface area (Å²) in [6.07, 6.45) is -2.09. The number of aromatic hydroxyl groups is 2. The predicted octanol–water partition coefficient (Wildman–Crippen LogP) is 3.71. The summed E-state index contributed by atoms with van der Waals surface area (Å²) in [4.78, 5) is 63.8. The molecule has 4 N–H and O–H groups in total. The van der Waals surface area contributed by atoms with Gasteiger partial charge in [-0.25, -0.2) is 4.79 Å². The van der Waals surface area contributed by atoms with E-state index in [1.54, 1.807) is 48.5 Å². The van der Waals surface area contributed by atoms with E-state index in [-0.39, 0.29) is 37.3 Å². The number of nitrogens with zero attached hydrogens (tertiary/aromatic N) is 3. The van der Waals surface area contributed by atoms with Crippen LogP contribution in [-0.4, -0.2) is 91.4 Å². The van der Waals surface area contributed by atoms with E-state index in [4.69, 9.17) is 4.84 Å². The lowest BCUT2D eigenvalue weighted by Crippen LogP contribution is -2.75. The second-order valence-electron chi connectivity index (χ2n) is 12.7. The van der Waals surface area contributed by atoms with Crippen LogP contribution in [0.2, 0.25) is 0 Å². The van der Waals surface area contributed by atoms with Crippen molar-refractivity contribution < 1.29 is 39.3 Å². The number of phenols is 2. The van der Waals surface area contributed by atoms with Gasteiger partial charge in [0.1, 0.15) is 23.6 Å². The molecule has 0 saturated carbocycles. The largest absolute Gasteiger partial charge is 0.508 e. The number of benzene rings is 3. The first-order valence-electron chi connectivity index (χ1n) is 16.2. The van der Waals surface area contributed by atoms with Gasteiger partial charge in [-0.1, -0.05) is 68.4 Å². The normalized spacial score (nSPS) is 20.1. The van der Waals surface area contributed by atoms with Crippen LogP contribution in [0.1, 0.15) is 43.4 Å². The van der Waals surface area contributed by atoms with Gasteiger partial charge in [0.25, 0.3) is 5.91 Å². The molecule has 12 nitrogen and oxygen atoms in total. The van der Waals surface area contributed by atoms with Gasteiger partial charge in [-0.05, 0) is 59.7 Å². The summed E-state index contributed by atoms with van der Waals surface area (Å²) in [6, 6.07) is 19.3. The number of rotatable bonds is 12. The third-order valence-electron chi connectivity index (χ3n) is 8.75. The van der Waals surface area contributed by atoms with E-state index in [1.807, 2.05) is 6.07 Å². The molecule has 2 aliphatic heterocycles. The van der Waals surface area contributed by atoms with Crippen LogP contribution in [0.3, 0.4) is 0 Å². The second kappa shape index (κ2) is 15.2. The summed E-state index contributed by atoms with van der Waals surface area (Å²) in [5.74, 6) is -0.942. The lowest BCUT2D eigenvalue weighted by molar-refractivity contribution is -0.265. The zero-order valence-electron chi connectivity index (χ0n) is 27.1. The number of hydrogen-bond acceptors (Lipinski definition) is 7. The van der Waals surface area contributed by atoms with Gasteiger partial charge in [0.05, 0.1) is 6.54 Å². The summed E-state index contributed by atoms with van der Waals surface area (Å²) >= 11 is 0. The van der Waals surface area contributed by atoms with Crippen LogP contribution in [0.5, 0.6) is 11.5 Å². The fourth-order valence-corrected chi connectivity index (χ4v) is 6.26. The molecular formula is C36H42N4O8. The Morgan fingerprint density at radius 3 is 2.06 bits per heavy atom. The SMILES string of the molecule is CC(C)CCCNC(=O)C(Cc1ccc(O)cc1)N1CC2N(C(=O)O)OC(Cc3ccccc3)C(=O)N2C(Cc2ccc(O)cc2)C1=O. The molecule has 12 heteroatoms. The molecule has 4 amide bonds. The van der Waals surface area contributed by atoms with Crippen molar-refractivity contribution in [3.05, 3.63) is 95.6 Å². The number of carbonyl (C=O) groups excluding carboxylic acids is 3. The van der Waals surface area contributed by atoms with Gasteiger partial charge in [0, 0.05) is 25.8 Å². The van der Waals surface area contributed by atoms with E-state index in [1.165, 1.54) is 34.1 Å². The number of hydroxylamine groups is 2. The molecule has 0 bridgehead atoms. The van der Waals surface area contributed by atoms with Crippen LogP contribution in [0.25, 0.3) is 0 Å². The third-order valence-corrected chi connectivity index (χ3v) is 8.75. The monoisotopic (exact) mass is 658 g/mol. The molecule has 4 atom stereocenters. The van der Waals surface area contributed by atoms with E-state index < -0.39 is 48.2 Å². The summed E-state index contributed by atoms with van der Waals surface area (Å²) in [5.41, 5.74) is 2.05. The lowest BCUT2D eigenvalue weighted by atomic mass is 9.94. The number of hydrogen-bond donors (Lipinski definition) is 4. The minimum absolute atomic E-state index is 0.00526. The van der Waals surface area contributed by atoms with Gasteiger partial charge >= 0.3 is 6.09 Å². The highest BCUT2D eigenvalue weighted by atomic mass is 16.7. The Bertz CT molecular complexity index is 1580. The van der Waals surface area contributed by atoms with Gasteiger partial charge in [0.15, 0.2) is 12.3 Å². The number of nitrogens with one attached hydrogen (secondary N) is 1. The Balaban J connectivity index is 1.52. The molecule has 2 aliphatic rings. The number of carbonyl (C=O) groups is 4. The first kappa shape index (κ1) is 34.2. The number of phenolic OH excluding ortho intramolecular Hbond substituents is 2. The first-order chi connectivity index (χ1) is 23.0. The van der Waals surface area contributed by atoms with Crippen molar-refractivity contribution in [1.29, 1.82) is 0 Å². The molecule has 4 unspecified atom stereocenters. The summed E-state index contributed by atoms with van der Waals surface area (Å²) in [6.45, 7) is 4.27. The van der Waals surface area contributed by atoms with Crippen LogP contribution in [-0.2, 0) is 38.5 Å². The highest BCUT2D eigenvalue weighted by Crippen LogP contribution is 2.32. The van der Waals surface area contributed by atoms with Crippen LogP contribution in [0.4, 0.5) is 4.79 Å². The minimum atomic E-state index is -1.44. The molecular weight excluding hydrogens is 616 g/mol. The van der Waals surface area contributed by atoms with Gasteiger partial charge in [-0.2, -0.15) is 5.06 Å². The Morgan fingerprint density at radius 2 is 1.46 bits per heavy atom. The minimum Gasteiger partial charge on any atom is -0.508 e. The van der Waals surface area contributed by atoms with Crippen molar-refractivity contribution in [3.8, 4) is 11.5 Å². The van der Waals surface area contributed by atoms with Crippen LogP contribution in [0.15, 0.2) is 78.9 Å². The summed E-state index contributed by atoms with van der Waals surface area (Å²) < 4.78 is 0. The molecule has 0 aromatic heterocycles. The fraction of sp³-hybridized carbons (Fsp3) is 0.389. The molecule has 0 radical (unpaired) electrons. The number of piperazine rings is 1. The Hall–Kier alpha value is -5.10. The van der Waals surface area contributed by atoms with Crippen LogP contribution in [0, 0.1) is 5.92 Å². The Labute approximate surface area is 279 Å². The summed E-state index contributed by atoms with van der Waals surface area (Å²) in [7, 11) is 0. The van der Waals surface area contributed by atoms with Gasteiger partial charge in [-0.15, -0.1) is 0 Å². The maximum atomic E-state index is 14.6. The van der Waals surface area contributed by atoms with Crippen molar-refractivity contribution in [2.45, 2.75) is 70.3 Å². The van der Waals surface area contributed by atoms with E-state index in [9.17, 15) is 34.5 Å². The highest BCUT2D eigenvalue weighted by Gasteiger charge is 2.54. The number of amides is 4. The third kappa shape index (κ3) is 8.06. The standard InChI is InChI=1S/C36H42N4O8/c1-23(2)7-6-18-37-33(43)29(19-25-10-14-27(41)15-11-25)38-22-32-39(30(34(38)44)20-26-12-16-28(42)17-13-26)35(45)31(48-40(32)36(46)47)21-24-8-4-3-5-9-24/h3-5,8-17,23,29-32,41-42H,6-7,18-22H2,1-2H3,(H,37,43)(H,46,47). The molecule has 48 heavy (non-hydrogen) atoms.